The highest BCUT2D eigenvalue weighted by molar-refractivity contribution is 6.30. The van der Waals surface area contributed by atoms with E-state index in [1.165, 1.54) is 41.5 Å². The molecule has 1 aliphatic rings. The SMILES string of the molecule is O=C(NC[C@H]1O[C@@H](n2cnc3c(NCc4cccc(Cl)c4)ncnc32)[C@H](O)[C@@H]1O)c1ccc(F)cc1. The van der Waals surface area contributed by atoms with E-state index in [0.29, 0.717) is 28.5 Å². The Morgan fingerprint density at radius 1 is 1.11 bits per heavy atom. The molecule has 4 atom stereocenters. The first kappa shape index (κ1) is 24.1. The minimum absolute atomic E-state index is 0.0704. The number of anilines is 1. The van der Waals surface area contributed by atoms with E-state index in [2.05, 4.69) is 25.6 Å². The van der Waals surface area contributed by atoms with Gasteiger partial charge in [0.25, 0.3) is 5.91 Å². The van der Waals surface area contributed by atoms with Crippen molar-refractivity contribution in [3.63, 3.8) is 0 Å². The van der Waals surface area contributed by atoms with E-state index in [-0.39, 0.29) is 12.1 Å². The van der Waals surface area contributed by atoms with Crippen molar-refractivity contribution < 1.29 is 24.1 Å². The van der Waals surface area contributed by atoms with Gasteiger partial charge in [-0.1, -0.05) is 23.7 Å². The lowest BCUT2D eigenvalue weighted by atomic mass is 10.1. The van der Waals surface area contributed by atoms with E-state index in [0.717, 1.165) is 5.56 Å². The van der Waals surface area contributed by atoms with Crippen LogP contribution in [-0.2, 0) is 11.3 Å². The van der Waals surface area contributed by atoms with Crippen LogP contribution in [-0.4, -0.2) is 60.5 Å². The number of aliphatic hydroxyl groups is 2. The Bertz CT molecular complexity index is 1380. The summed E-state index contributed by atoms with van der Waals surface area (Å²) in [7, 11) is 0. The first-order valence-corrected chi connectivity index (χ1v) is 11.5. The van der Waals surface area contributed by atoms with Gasteiger partial charge in [-0.05, 0) is 42.0 Å². The molecule has 1 amide bonds. The standard InChI is InChI=1S/C24H22ClFN6O4/c25-15-3-1-2-13(8-15)9-27-21-18-22(30-11-29-21)32(12-31-18)24-20(34)19(33)17(36-24)10-28-23(35)14-4-6-16(26)7-5-14/h1-8,11-12,17,19-20,24,33-34H,9-10H2,(H,28,35)(H,27,29,30)/t17-,19-,20-,24-/m1/s1. The van der Waals surface area contributed by atoms with Gasteiger partial charge >= 0.3 is 0 Å². The zero-order valence-corrected chi connectivity index (χ0v) is 19.5. The van der Waals surface area contributed by atoms with E-state index in [1.54, 1.807) is 6.07 Å². The molecule has 4 N–H and O–H groups in total. The van der Waals surface area contributed by atoms with Crippen molar-refractivity contribution in [1.29, 1.82) is 0 Å². The maximum atomic E-state index is 13.1. The molecular formula is C24H22ClFN6O4. The molecule has 1 saturated heterocycles. The average Bonchev–Trinajstić information content (AvgIpc) is 3.43. The quantitative estimate of drug-likeness (QED) is 0.296. The lowest BCUT2D eigenvalue weighted by molar-refractivity contribution is -0.0337. The summed E-state index contributed by atoms with van der Waals surface area (Å²) in [5.41, 5.74) is 2.07. The first-order valence-electron chi connectivity index (χ1n) is 11.1. The molecule has 36 heavy (non-hydrogen) atoms. The molecule has 3 heterocycles. The third-order valence-corrected chi connectivity index (χ3v) is 6.12. The van der Waals surface area contributed by atoms with Crippen molar-refractivity contribution in [3.05, 3.63) is 83.2 Å². The molecule has 10 nitrogen and oxygen atoms in total. The van der Waals surface area contributed by atoms with Crippen LogP contribution in [0.15, 0.2) is 61.2 Å². The maximum absolute atomic E-state index is 13.1. The van der Waals surface area contributed by atoms with Gasteiger partial charge in [-0.15, -0.1) is 0 Å². The molecule has 12 heteroatoms. The van der Waals surface area contributed by atoms with Gasteiger partial charge in [-0.25, -0.2) is 19.3 Å². The monoisotopic (exact) mass is 512 g/mol. The van der Waals surface area contributed by atoms with Crippen molar-refractivity contribution in [2.75, 3.05) is 11.9 Å². The minimum atomic E-state index is -1.30. The van der Waals surface area contributed by atoms with Crippen LogP contribution in [0, 0.1) is 5.82 Å². The van der Waals surface area contributed by atoms with Gasteiger partial charge in [-0.3, -0.25) is 9.36 Å². The predicted octanol–water partition coefficient (Wildman–Crippen LogP) is 2.28. The van der Waals surface area contributed by atoms with Crippen LogP contribution < -0.4 is 10.6 Å². The Kier molecular flexibility index (Phi) is 6.79. The number of hydrogen-bond donors (Lipinski definition) is 4. The number of nitrogens with one attached hydrogen (secondary N) is 2. The number of halogens is 2. The van der Waals surface area contributed by atoms with Crippen molar-refractivity contribution in [2.45, 2.75) is 31.1 Å². The lowest BCUT2D eigenvalue weighted by Gasteiger charge is -2.16. The van der Waals surface area contributed by atoms with Crippen molar-refractivity contribution in [2.24, 2.45) is 0 Å². The second-order valence-corrected chi connectivity index (χ2v) is 8.73. The van der Waals surface area contributed by atoms with E-state index >= 15 is 0 Å². The molecule has 0 radical (unpaired) electrons. The summed E-state index contributed by atoms with van der Waals surface area (Å²) in [4.78, 5) is 25.2. The molecule has 4 aromatic rings. The van der Waals surface area contributed by atoms with Crippen molar-refractivity contribution in [1.82, 2.24) is 24.8 Å². The third kappa shape index (κ3) is 4.86. The van der Waals surface area contributed by atoms with Crippen LogP contribution in [0.2, 0.25) is 5.02 Å². The zero-order chi connectivity index (χ0) is 25.2. The van der Waals surface area contributed by atoms with E-state index in [1.807, 2.05) is 18.2 Å². The van der Waals surface area contributed by atoms with Gasteiger partial charge in [0.15, 0.2) is 23.2 Å². The fourth-order valence-corrected chi connectivity index (χ4v) is 4.24. The largest absolute Gasteiger partial charge is 0.387 e. The topological polar surface area (TPSA) is 134 Å². The smallest absolute Gasteiger partial charge is 0.251 e. The molecule has 186 valence electrons. The Balaban J connectivity index is 1.29. The highest BCUT2D eigenvalue weighted by atomic mass is 35.5. The Hall–Kier alpha value is -3.64. The molecule has 0 bridgehead atoms. The zero-order valence-electron chi connectivity index (χ0n) is 18.8. The number of ether oxygens (including phenoxy) is 1. The number of nitrogens with zero attached hydrogens (tertiary/aromatic N) is 4. The number of rotatable bonds is 7. The van der Waals surface area contributed by atoms with Crippen LogP contribution in [0.25, 0.3) is 11.2 Å². The predicted molar refractivity (Wildman–Crippen MR) is 129 cm³/mol. The number of fused-ring (bicyclic) bond motifs is 1. The molecular weight excluding hydrogens is 491 g/mol. The summed E-state index contributed by atoms with van der Waals surface area (Å²) in [6.45, 7) is 0.385. The lowest BCUT2D eigenvalue weighted by Crippen LogP contribution is -2.39. The van der Waals surface area contributed by atoms with Crippen LogP contribution in [0.4, 0.5) is 10.2 Å². The van der Waals surface area contributed by atoms with Crippen LogP contribution in [0.3, 0.4) is 0 Å². The number of carbonyl (C=O) groups excluding carboxylic acids is 1. The second kappa shape index (κ2) is 10.2. The van der Waals surface area contributed by atoms with Gasteiger partial charge in [0.2, 0.25) is 0 Å². The Morgan fingerprint density at radius 3 is 2.69 bits per heavy atom. The third-order valence-electron chi connectivity index (χ3n) is 5.89. The number of aliphatic hydroxyl groups excluding tert-OH is 2. The fourth-order valence-electron chi connectivity index (χ4n) is 4.02. The van der Waals surface area contributed by atoms with Gasteiger partial charge in [0.05, 0.1) is 6.33 Å². The number of carbonyl (C=O) groups is 1. The van der Waals surface area contributed by atoms with Crippen LogP contribution in [0.5, 0.6) is 0 Å². The Morgan fingerprint density at radius 2 is 1.92 bits per heavy atom. The second-order valence-electron chi connectivity index (χ2n) is 8.29. The first-order chi connectivity index (χ1) is 17.4. The van der Waals surface area contributed by atoms with Crippen LogP contribution >= 0.6 is 11.6 Å². The van der Waals surface area contributed by atoms with Crippen LogP contribution in [0.1, 0.15) is 22.1 Å². The molecule has 5 rings (SSSR count). The van der Waals surface area contributed by atoms with E-state index < -0.39 is 36.3 Å². The molecule has 2 aromatic heterocycles. The molecule has 1 fully saturated rings. The highest BCUT2D eigenvalue weighted by Gasteiger charge is 2.44. The normalized spacial score (nSPS) is 21.6. The summed E-state index contributed by atoms with van der Waals surface area (Å²) < 4.78 is 20.5. The summed E-state index contributed by atoms with van der Waals surface area (Å²) in [5, 5.41) is 27.7. The summed E-state index contributed by atoms with van der Waals surface area (Å²) >= 11 is 6.05. The Labute approximate surface area is 209 Å². The summed E-state index contributed by atoms with van der Waals surface area (Å²) in [6, 6.07) is 12.5. The molecule has 0 aliphatic carbocycles. The summed E-state index contributed by atoms with van der Waals surface area (Å²) in [6.07, 6.45) is -1.65. The van der Waals surface area contributed by atoms with Gasteiger partial charge in [-0.2, -0.15) is 0 Å². The molecule has 2 aromatic carbocycles. The molecule has 0 spiro atoms. The van der Waals surface area contributed by atoms with E-state index in [4.69, 9.17) is 16.3 Å². The van der Waals surface area contributed by atoms with Gasteiger partial charge in [0.1, 0.15) is 30.5 Å². The molecule has 1 aliphatic heterocycles. The van der Waals surface area contributed by atoms with Gasteiger partial charge in [0, 0.05) is 23.7 Å². The van der Waals surface area contributed by atoms with E-state index in [9.17, 15) is 19.4 Å². The number of hydrogen-bond acceptors (Lipinski definition) is 8. The average molecular weight is 513 g/mol. The minimum Gasteiger partial charge on any atom is -0.387 e. The molecule has 0 saturated carbocycles. The highest BCUT2D eigenvalue weighted by Crippen LogP contribution is 2.32. The van der Waals surface area contributed by atoms with Crippen molar-refractivity contribution >= 4 is 34.5 Å². The number of benzene rings is 2. The number of imidazole rings is 1. The number of amides is 1. The molecule has 0 unspecified atom stereocenters. The fraction of sp³-hybridized carbons (Fsp3) is 0.250. The number of aromatic nitrogens is 4. The maximum Gasteiger partial charge on any atom is 0.251 e. The van der Waals surface area contributed by atoms with Gasteiger partial charge < -0.3 is 25.6 Å². The van der Waals surface area contributed by atoms with Crippen molar-refractivity contribution in [3.8, 4) is 0 Å². The summed E-state index contributed by atoms with van der Waals surface area (Å²) in [5.74, 6) is -0.430.